The van der Waals surface area contributed by atoms with Crippen LogP contribution in [-0.2, 0) is 0 Å². The number of hydrogen-bond acceptors (Lipinski definition) is 2. The number of nitriles is 1. The van der Waals surface area contributed by atoms with Gasteiger partial charge in [0.1, 0.15) is 5.75 Å². The Hall–Kier alpha value is -1.01. The highest BCUT2D eigenvalue weighted by Crippen LogP contribution is 2.34. The zero-order chi connectivity index (χ0) is 13.1. The molecule has 3 atom stereocenters. The molecule has 0 radical (unpaired) electrons. The molecule has 3 unspecified atom stereocenters. The van der Waals surface area contributed by atoms with Crippen LogP contribution >= 0.6 is 15.9 Å². The first-order chi connectivity index (χ1) is 8.60. The second-order valence-corrected chi connectivity index (χ2v) is 6.12. The Balaban J connectivity index is 2.04. The Morgan fingerprint density at radius 3 is 2.67 bits per heavy atom. The Morgan fingerprint density at radius 2 is 2.06 bits per heavy atom. The van der Waals surface area contributed by atoms with Gasteiger partial charge in [-0.25, -0.2) is 0 Å². The number of rotatable bonds is 2. The summed E-state index contributed by atoms with van der Waals surface area (Å²) in [7, 11) is 0. The first kappa shape index (κ1) is 13.4. The van der Waals surface area contributed by atoms with E-state index in [0.717, 1.165) is 34.9 Å². The van der Waals surface area contributed by atoms with Crippen LogP contribution in [0.25, 0.3) is 0 Å². The normalized spacial score (nSPS) is 27.6. The van der Waals surface area contributed by atoms with Crippen molar-refractivity contribution in [2.75, 3.05) is 0 Å². The first-order valence-electron chi connectivity index (χ1n) is 6.46. The minimum Gasteiger partial charge on any atom is -0.489 e. The van der Waals surface area contributed by atoms with Gasteiger partial charge in [-0.1, -0.05) is 13.8 Å². The highest BCUT2D eigenvalue weighted by molar-refractivity contribution is 9.10. The summed E-state index contributed by atoms with van der Waals surface area (Å²) in [5.41, 5.74) is 0.653. The fourth-order valence-electron chi connectivity index (χ4n) is 2.45. The van der Waals surface area contributed by atoms with Crippen molar-refractivity contribution < 1.29 is 4.74 Å². The van der Waals surface area contributed by atoms with Gasteiger partial charge in [0.05, 0.1) is 22.2 Å². The van der Waals surface area contributed by atoms with Gasteiger partial charge in [0.25, 0.3) is 0 Å². The Morgan fingerprint density at radius 1 is 1.28 bits per heavy atom. The standard InChI is InChI=1S/C15H18BrNO/c1-10-3-5-13(7-11(10)2)18-15-6-4-12(9-17)8-14(15)16/h4,6,8,10-11,13H,3,5,7H2,1-2H3. The molecule has 96 valence electrons. The van der Waals surface area contributed by atoms with Crippen LogP contribution in [0.5, 0.6) is 5.75 Å². The van der Waals surface area contributed by atoms with Crippen LogP contribution in [0.1, 0.15) is 38.7 Å². The van der Waals surface area contributed by atoms with E-state index in [1.54, 1.807) is 6.07 Å². The zero-order valence-corrected chi connectivity index (χ0v) is 12.4. The largest absolute Gasteiger partial charge is 0.489 e. The fourth-order valence-corrected chi connectivity index (χ4v) is 2.92. The van der Waals surface area contributed by atoms with Gasteiger partial charge in [-0.15, -0.1) is 0 Å². The van der Waals surface area contributed by atoms with E-state index in [0.29, 0.717) is 11.7 Å². The number of nitrogens with zero attached hydrogens (tertiary/aromatic N) is 1. The van der Waals surface area contributed by atoms with E-state index >= 15 is 0 Å². The summed E-state index contributed by atoms with van der Waals surface area (Å²) < 4.78 is 6.92. The lowest BCUT2D eigenvalue weighted by atomic mass is 9.80. The summed E-state index contributed by atoms with van der Waals surface area (Å²) in [5, 5.41) is 8.83. The van der Waals surface area contributed by atoms with Crippen molar-refractivity contribution >= 4 is 15.9 Å². The number of ether oxygens (including phenoxy) is 1. The van der Waals surface area contributed by atoms with E-state index in [1.165, 1.54) is 6.42 Å². The maximum Gasteiger partial charge on any atom is 0.133 e. The zero-order valence-electron chi connectivity index (χ0n) is 10.8. The van der Waals surface area contributed by atoms with Gasteiger partial charge in [0, 0.05) is 0 Å². The van der Waals surface area contributed by atoms with Crippen LogP contribution in [0.3, 0.4) is 0 Å². The average molecular weight is 308 g/mol. The maximum absolute atomic E-state index is 8.83. The van der Waals surface area contributed by atoms with E-state index in [9.17, 15) is 0 Å². The number of hydrogen-bond donors (Lipinski definition) is 0. The van der Waals surface area contributed by atoms with Gasteiger partial charge in [-0.3, -0.25) is 0 Å². The van der Waals surface area contributed by atoms with E-state index in [1.807, 2.05) is 12.1 Å². The van der Waals surface area contributed by atoms with Crippen molar-refractivity contribution in [3.63, 3.8) is 0 Å². The molecule has 0 saturated heterocycles. The third-order valence-corrected chi connectivity index (χ3v) is 4.52. The summed E-state index contributed by atoms with van der Waals surface area (Å²) in [5.74, 6) is 2.37. The molecule has 0 aliphatic heterocycles. The van der Waals surface area contributed by atoms with Crippen LogP contribution in [0.2, 0.25) is 0 Å². The number of halogens is 1. The molecule has 0 aromatic heterocycles. The van der Waals surface area contributed by atoms with E-state index < -0.39 is 0 Å². The van der Waals surface area contributed by atoms with Gasteiger partial charge in [-0.2, -0.15) is 5.26 Å². The van der Waals surface area contributed by atoms with Crippen molar-refractivity contribution in [1.29, 1.82) is 5.26 Å². The minimum atomic E-state index is 0.306. The summed E-state index contributed by atoms with van der Waals surface area (Å²) >= 11 is 3.47. The molecule has 18 heavy (non-hydrogen) atoms. The molecule has 0 amide bonds. The summed E-state index contributed by atoms with van der Waals surface area (Å²) in [4.78, 5) is 0. The molecule has 1 aliphatic carbocycles. The molecule has 1 saturated carbocycles. The van der Waals surface area contributed by atoms with Crippen LogP contribution < -0.4 is 4.74 Å². The molecular weight excluding hydrogens is 290 g/mol. The molecule has 0 N–H and O–H groups in total. The van der Waals surface area contributed by atoms with Crippen LogP contribution in [0, 0.1) is 23.2 Å². The molecule has 1 aliphatic rings. The Bertz CT molecular complexity index is 466. The number of benzene rings is 1. The fraction of sp³-hybridized carbons (Fsp3) is 0.533. The lowest BCUT2D eigenvalue weighted by Crippen LogP contribution is -2.28. The predicted molar refractivity (Wildman–Crippen MR) is 75.5 cm³/mol. The van der Waals surface area contributed by atoms with Gasteiger partial charge in [0.15, 0.2) is 0 Å². The SMILES string of the molecule is CC1CCC(Oc2ccc(C#N)cc2Br)CC1C. The molecule has 2 nitrogen and oxygen atoms in total. The molecular formula is C15H18BrNO. The van der Waals surface area contributed by atoms with Gasteiger partial charge in [0.2, 0.25) is 0 Å². The Kier molecular flexibility index (Phi) is 4.29. The molecule has 0 heterocycles. The molecule has 0 bridgehead atoms. The van der Waals surface area contributed by atoms with E-state index in [-0.39, 0.29) is 0 Å². The van der Waals surface area contributed by atoms with Crippen LogP contribution in [0.15, 0.2) is 22.7 Å². The predicted octanol–water partition coefficient (Wildman–Crippen LogP) is 4.52. The summed E-state index contributed by atoms with van der Waals surface area (Å²) in [6, 6.07) is 7.62. The van der Waals surface area contributed by atoms with Crippen molar-refractivity contribution in [2.45, 2.75) is 39.2 Å². The molecule has 1 aromatic carbocycles. The first-order valence-corrected chi connectivity index (χ1v) is 7.25. The van der Waals surface area contributed by atoms with Gasteiger partial charge >= 0.3 is 0 Å². The monoisotopic (exact) mass is 307 g/mol. The van der Waals surface area contributed by atoms with E-state index in [4.69, 9.17) is 10.00 Å². The van der Waals surface area contributed by atoms with Gasteiger partial charge < -0.3 is 4.74 Å². The summed E-state index contributed by atoms with van der Waals surface area (Å²) in [6.07, 6.45) is 3.78. The molecule has 2 rings (SSSR count). The van der Waals surface area contributed by atoms with Crippen molar-refractivity contribution in [3.8, 4) is 11.8 Å². The molecule has 3 heteroatoms. The van der Waals surface area contributed by atoms with Gasteiger partial charge in [-0.05, 0) is 65.2 Å². The van der Waals surface area contributed by atoms with Crippen molar-refractivity contribution in [1.82, 2.24) is 0 Å². The lowest BCUT2D eigenvalue weighted by Gasteiger charge is -2.32. The smallest absolute Gasteiger partial charge is 0.133 e. The lowest BCUT2D eigenvalue weighted by molar-refractivity contribution is 0.0999. The second-order valence-electron chi connectivity index (χ2n) is 5.26. The summed E-state index contributed by atoms with van der Waals surface area (Å²) in [6.45, 7) is 4.62. The third kappa shape index (κ3) is 3.05. The third-order valence-electron chi connectivity index (χ3n) is 3.90. The molecule has 1 aromatic rings. The maximum atomic E-state index is 8.83. The average Bonchev–Trinajstić information content (AvgIpc) is 2.36. The second kappa shape index (κ2) is 5.75. The van der Waals surface area contributed by atoms with Crippen LogP contribution in [-0.4, -0.2) is 6.10 Å². The van der Waals surface area contributed by atoms with Crippen molar-refractivity contribution in [3.05, 3.63) is 28.2 Å². The van der Waals surface area contributed by atoms with E-state index in [2.05, 4.69) is 35.8 Å². The quantitative estimate of drug-likeness (QED) is 0.804. The Labute approximate surface area is 117 Å². The highest BCUT2D eigenvalue weighted by Gasteiger charge is 2.26. The topological polar surface area (TPSA) is 33.0 Å². The van der Waals surface area contributed by atoms with Crippen molar-refractivity contribution in [2.24, 2.45) is 11.8 Å². The van der Waals surface area contributed by atoms with Crippen LogP contribution in [0.4, 0.5) is 0 Å². The minimum absolute atomic E-state index is 0.306. The molecule has 0 spiro atoms. The highest BCUT2D eigenvalue weighted by atomic mass is 79.9. The molecule has 1 fully saturated rings.